The first kappa shape index (κ1) is 29.1. The van der Waals surface area contributed by atoms with Crippen LogP contribution in [0.5, 0.6) is 0 Å². The highest BCUT2D eigenvalue weighted by Gasteiger charge is 2.44. The fraction of sp³-hybridized carbons (Fsp3) is 0.600. The number of aromatic nitrogens is 2. The molecule has 2 bridgehead atoms. The van der Waals surface area contributed by atoms with Crippen LogP contribution in [0.2, 0.25) is 0 Å². The molecular weight excluding hydrogens is 545 g/mol. The monoisotopic (exact) mass is 575 g/mol. The van der Waals surface area contributed by atoms with Crippen LogP contribution in [0.1, 0.15) is 78.2 Å². The molecule has 3 aliphatic heterocycles. The van der Waals surface area contributed by atoms with Crippen molar-refractivity contribution in [1.82, 2.24) is 20.2 Å². The number of fused-ring (bicyclic) bond motifs is 2. The predicted molar refractivity (Wildman–Crippen MR) is 135 cm³/mol. The number of hydrogen-bond donors (Lipinski definition) is 2. The molecule has 5 heterocycles. The van der Waals surface area contributed by atoms with E-state index in [1.807, 2.05) is 19.2 Å². The van der Waals surface area contributed by atoms with Gasteiger partial charge in [0.05, 0.1) is 17.5 Å². The van der Waals surface area contributed by atoms with Gasteiger partial charge in [-0.3, -0.25) is 9.59 Å². The lowest BCUT2D eigenvalue weighted by Gasteiger charge is -2.22. The van der Waals surface area contributed by atoms with Crippen LogP contribution < -0.4 is 10.6 Å². The molecule has 2 N–H and O–H groups in total. The molecule has 2 amide bonds. The molecule has 1 atom stereocenters. The number of amides is 2. The van der Waals surface area contributed by atoms with E-state index >= 15 is 0 Å². The number of nitrogens with zero attached hydrogens (tertiary/aromatic N) is 3. The van der Waals surface area contributed by atoms with Crippen LogP contribution in [0.3, 0.4) is 0 Å². The third kappa shape index (κ3) is 6.48. The number of halogens is 5. The fourth-order valence-electron chi connectivity index (χ4n) is 5.14. The van der Waals surface area contributed by atoms with Gasteiger partial charge in [-0.2, -0.15) is 13.2 Å². The molecule has 2 aromatic heterocycles. The topological polar surface area (TPSA) is 96.4 Å². The molecule has 3 aliphatic rings. The van der Waals surface area contributed by atoms with Gasteiger partial charge in [0, 0.05) is 36.0 Å². The lowest BCUT2D eigenvalue weighted by Crippen LogP contribution is -2.36. The summed E-state index contributed by atoms with van der Waals surface area (Å²) in [6.07, 6.45) is -2.67. The van der Waals surface area contributed by atoms with Crippen LogP contribution in [-0.2, 0) is 4.74 Å². The second-order valence-electron chi connectivity index (χ2n) is 9.33. The van der Waals surface area contributed by atoms with Gasteiger partial charge < -0.3 is 20.3 Å². The highest BCUT2D eigenvalue weighted by molar-refractivity contribution is 7.17. The van der Waals surface area contributed by atoms with E-state index in [-0.39, 0.29) is 45.1 Å². The summed E-state index contributed by atoms with van der Waals surface area (Å²) >= 11 is 0.784. The third-order valence-electron chi connectivity index (χ3n) is 6.86. The van der Waals surface area contributed by atoms with Crippen molar-refractivity contribution in [1.29, 1.82) is 0 Å². The molecule has 5 rings (SSSR count). The number of nitrogens with one attached hydrogen (secondary N) is 2. The number of carbonyl (C=O) groups excluding carboxylic acids is 2. The van der Waals surface area contributed by atoms with Gasteiger partial charge in [-0.15, -0.1) is 11.3 Å². The minimum Gasteiger partial charge on any atom is -0.379 e. The first-order valence-corrected chi connectivity index (χ1v) is 13.7. The van der Waals surface area contributed by atoms with Gasteiger partial charge in [0.25, 0.3) is 18.2 Å². The summed E-state index contributed by atoms with van der Waals surface area (Å²) in [5.74, 6) is -1.38. The van der Waals surface area contributed by atoms with E-state index in [0.29, 0.717) is 19.6 Å². The molecule has 0 aromatic carbocycles. The van der Waals surface area contributed by atoms with Gasteiger partial charge in [0.15, 0.2) is 5.01 Å². The Bertz CT molecular complexity index is 1170. The van der Waals surface area contributed by atoms with Gasteiger partial charge >= 0.3 is 6.18 Å². The molecule has 0 radical (unpaired) electrons. The molecule has 8 nitrogen and oxygen atoms in total. The van der Waals surface area contributed by atoms with Crippen LogP contribution in [-0.4, -0.2) is 70.7 Å². The zero-order chi connectivity index (χ0) is 28.3. The number of anilines is 1. The molecule has 39 heavy (non-hydrogen) atoms. The molecule has 14 heteroatoms. The molecule has 0 spiro atoms. The highest BCUT2D eigenvalue weighted by Crippen LogP contribution is 2.42. The number of carbonyl (C=O) groups is 2. The summed E-state index contributed by atoms with van der Waals surface area (Å²) in [6.45, 7) is 3.38. The van der Waals surface area contributed by atoms with Crippen LogP contribution in [0.25, 0.3) is 10.4 Å². The average Bonchev–Trinajstić information content (AvgIpc) is 3.72. The standard InChI is InChI=1S/C23H24F5N5O3S.C2H6/c24-19(25)14-7-16(30-10-23(26,27)28)29-8-15(14)18-17(22(35)33-12-1-2-13(33)4-3-12)32-21(37-18)20(34)31-11-5-6-36-9-11;1-2/h7-8,11-13,19H,1-6,9-10H2,(H,29,30)(H,31,34);1-2H3. The summed E-state index contributed by atoms with van der Waals surface area (Å²) in [4.78, 5) is 36.5. The minimum absolute atomic E-state index is 0.0293. The number of alkyl halides is 5. The number of thiazole rings is 1. The van der Waals surface area contributed by atoms with Crippen molar-refractivity contribution in [3.63, 3.8) is 0 Å². The molecular formula is C25H30F5N5O3S. The second-order valence-corrected chi connectivity index (χ2v) is 10.3. The van der Waals surface area contributed by atoms with E-state index in [2.05, 4.69) is 15.3 Å². The van der Waals surface area contributed by atoms with Crippen molar-refractivity contribution in [2.75, 3.05) is 25.1 Å². The Hall–Kier alpha value is -2.87. The normalized spacial score (nSPS) is 22.2. The Morgan fingerprint density at radius 1 is 1.15 bits per heavy atom. The lowest BCUT2D eigenvalue weighted by atomic mass is 10.0. The number of ether oxygens (including phenoxy) is 1. The average molecular weight is 576 g/mol. The summed E-state index contributed by atoms with van der Waals surface area (Å²) in [7, 11) is 0. The predicted octanol–water partition coefficient (Wildman–Crippen LogP) is 5.43. The van der Waals surface area contributed by atoms with Crippen molar-refractivity contribution in [3.05, 3.63) is 28.5 Å². The zero-order valence-electron chi connectivity index (χ0n) is 21.5. The summed E-state index contributed by atoms with van der Waals surface area (Å²) in [5.41, 5.74) is -0.891. The zero-order valence-corrected chi connectivity index (χ0v) is 22.3. The van der Waals surface area contributed by atoms with Gasteiger partial charge in [-0.25, -0.2) is 18.7 Å². The van der Waals surface area contributed by atoms with E-state index < -0.39 is 36.5 Å². The van der Waals surface area contributed by atoms with Crippen LogP contribution in [0, 0.1) is 0 Å². The Morgan fingerprint density at radius 2 is 1.82 bits per heavy atom. The summed E-state index contributed by atoms with van der Waals surface area (Å²) in [6, 6.07) is 0.656. The van der Waals surface area contributed by atoms with E-state index in [1.165, 1.54) is 0 Å². The molecule has 2 aromatic rings. The number of hydrogen-bond acceptors (Lipinski definition) is 7. The Balaban J connectivity index is 0.00000172. The van der Waals surface area contributed by atoms with Crippen LogP contribution in [0.4, 0.5) is 27.8 Å². The van der Waals surface area contributed by atoms with E-state index in [4.69, 9.17) is 4.74 Å². The van der Waals surface area contributed by atoms with Crippen LogP contribution in [0.15, 0.2) is 12.3 Å². The molecule has 3 saturated heterocycles. The van der Waals surface area contributed by atoms with Gasteiger partial charge in [-0.05, 0) is 38.2 Å². The highest BCUT2D eigenvalue weighted by atomic mass is 32.1. The quantitative estimate of drug-likeness (QED) is 0.428. The maximum Gasteiger partial charge on any atom is 0.405 e. The number of pyridine rings is 1. The van der Waals surface area contributed by atoms with E-state index in [1.54, 1.807) is 4.90 Å². The SMILES string of the molecule is CC.O=C(NC1CCOC1)c1nc(C(=O)N2C3CCC2CC3)c(-c2cnc(NCC(F)(F)F)cc2C(F)F)s1. The molecule has 3 fully saturated rings. The minimum atomic E-state index is -4.57. The lowest BCUT2D eigenvalue weighted by molar-refractivity contribution is -0.115. The molecule has 214 valence electrons. The van der Waals surface area contributed by atoms with Gasteiger partial charge in [0.2, 0.25) is 0 Å². The molecule has 1 unspecified atom stereocenters. The van der Waals surface area contributed by atoms with Crippen molar-refractivity contribution < 1.29 is 36.3 Å². The van der Waals surface area contributed by atoms with Crippen molar-refractivity contribution in [2.45, 2.75) is 76.7 Å². The molecule has 0 aliphatic carbocycles. The maximum atomic E-state index is 14.1. The van der Waals surface area contributed by atoms with Crippen molar-refractivity contribution in [2.24, 2.45) is 0 Å². The van der Waals surface area contributed by atoms with Crippen molar-refractivity contribution >= 4 is 29.0 Å². The van der Waals surface area contributed by atoms with Gasteiger partial charge in [-0.1, -0.05) is 13.8 Å². The Kier molecular flexibility index (Phi) is 9.04. The number of rotatable bonds is 7. The van der Waals surface area contributed by atoms with Crippen molar-refractivity contribution in [3.8, 4) is 10.4 Å². The Labute approximate surface area is 226 Å². The smallest absolute Gasteiger partial charge is 0.379 e. The largest absolute Gasteiger partial charge is 0.405 e. The van der Waals surface area contributed by atoms with Gasteiger partial charge in [0.1, 0.15) is 18.1 Å². The summed E-state index contributed by atoms with van der Waals surface area (Å²) < 4.78 is 71.2. The maximum absolute atomic E-state index is 14.1. The van der Waals surface area contributed by atoms with E-state index in [9.17, 15) is 31.5 Å². The first-order chi connectivity index (χ1) is 18.6. The first-order valence-electron chi connectivity index (χ1n) is 12.9. The summed E-state index contributed by atoms with van der Waals surface area (Å²) in [5, 5.41) is 4.70. The second kappa shape index (κ2) is 12.1. The molecule has 0 saturated carbocycles. The third-order valence-corrected chi connectivity index (χ3v) is 7.95. The fourth-order valence-corrected chi connectivity index (χ4v) is 6.13. The van der Waals surface area contributed by atoms with Crippen LogP contribution >= 0.6 is 11.3 Å². The van der Waals surface area contributed by atoms with E-state index in [0.717, 1.165) is 49.3 Å². The Morgan fingerprint density at radius 3 is 2.38 bits per heavy atom.